The van der Waals surface area contributed by atoms with Crippen molar-refractivity contribution < 1.29 is 14.0 Å². The van der Waals surface area contributed by atoms with Gasteiger partial charge in [-0.2, -0.15) is 0 Å². The number of hydrogen-bond acceptors (Lipinski definition) is 2. The number of halogens is 3. The minimum absolute atomic E-state index is 0.0296. The van der Waals surface area contributed by atoms with Gasteiger partial charge in [0.2, 0.25) is 5.91 Å². The Morgan fingerprint density at radius 3 is 2.81 bits per heavy atom. The van der Waals surface area contributed by atoms with E-state index in [1.165, 1.54) is 17.0 Å². The summed E-state index contributed by atoms with van der Waals surface area (Å²) in [5.74, 6) is -0.423. The number of nitrogens with zero attached hydrogens (tertiary/aromatic N) is 2. The van der Waals surface area contributed by atoms with Crippen molar-refractivity contribution in [3.63, 3.8) is 0 Å². The van der Waals surface area contributed by atoms with Crippen LogP contribution in [0.1, 0.15) is 17.2 Å². The maximum absolute atomic E-state index is 14.1. The highest BCUT2D eigenvalue weighted by molar-refractivity contribution is 6.36. The summed E-state index contributed by atoms with van der Waals surface area (Å²) in [4.78, 5) is 28.4. The van der Waals surface area contributed by atoms with E-state index >= 15 is 0 Å². The quantitative estimate of drug-likeness (QED) is 0.773. The standard InChI is InChI=1S/C19H16Cl2FN3O2/c20-11-4-5-16(14(21)8-11)23-19(27)24-9-17-13-2-1-3-15(22)12(13)6-7-25(17)18(26)10-24/h1-5,8,17H,6-7,9-10H2,(H,23,27). The predicted molar refractivity (Wildman–Crippen MR) is 102 cm³/mol. The van der Waals surface area contributed by atoms with Crippen molar-refractivity contribution in [3.05, 3.63) is 63.4 Å². The first-order valence-corrected chi connectivity index (χ1v) is 9.27. The number of anilines is 1. The molecule has 0 bridgehead atoms. The third-order valence-electron chi connectivity index (χ3n) is 4.99. The average molecular weight is 408 g/mol. The Kier molecular flexibility index (Phi) is 4.70. The molecule has 2 aromatic carbocycles. The lowest BCUT2D eigenvalue weighted by Gasteiger charge is -2.44. The number of rotatable bonds is 1. The first kappa shape index (κ1) is 18.1. The molecule has 3 amide bonds. The van der Waals surface area contributed by atoms with Crippen LogP contribution in [0.5, 0.6) is 0 Å². The SMILES string of the molecule is O=C(Nc1ccc(Cl)cc1Cl)N1CC(=O)N2CCc3c(F)cccc3C2C1. The molecule has 5 nitrogen and oxygen atoms in total. The number of piperazine rings is 1. The van der Waals surface area contributed by atoms with Gasteiger partial charge in [-0.25, -0.2) is 9.18 Å². The summed E-state index contributed by atoms with van der Waals surface area (Å²) in [6.45, 7) is 0.716. The molecule has 2 heterocycles. The van der Waals surface area contributed by atoms with Gasteiger partial charge in [-0.15, -0.1) is 0 Å². The van der Waals surface area contributed by atoms with Crippen LogP contribution in [-0.4, -0.2) is 41.4 Å². The molecule has 0 saturated carbocycles. The van der Waals surface area contributed by atoms with Crippen LogP contribution in [0.3, 0.4) is 0 Å². The van der Waals surface area contributed by atoms with Crippen molar-refractivity contribution in [2.75, 3.05) is 25.0 Å². The van der Waals surface area contributed by atoms with Crippen molar-refractivity contribution in [1.29, 1.82) is 0 Å². The van der Waals surface area contributed by atoms with Gasteiger partial charge in [-0.3, -0.25) is 4.79 Å². The highest BCUT2D eigenvalue weighted by Crippen LogP contribution is 2.34. The van der Waals surface area contributed by atoms with E-state index in [-0.39, 0.29) is 24.3 Å². The van der Waals surface area contributed by atoms with Crippen LogP contribution in [0.2, 0.25) is 10.0 Å². The van der Waals surface area contributed by atoms with Gasteiger partial charge in [0.15, 0.2) is 0 Å². The molecular formula is C19H16Cl2FN3O2. The van der Waals surface area contributed by atoms with Gasteiger partial charge in [0.25, 0.3) is 0 Å². The maximum atomic E-state index is 14.1. The second-order valence-corrected chi connectivity index (χ2v) is 7.44. The van der Waals surface area contributed by atoms with Crippen molar-refractivity contribution >= 4 is 40.8 Å². The van der Waals surface area contributed by atoms with E-state index in [9.17, 15) is 14.0 Å². The Morgan fingerprint density at radius 2 is 2.04 bits per heavy atom. The molecule has 2 aliphatic heterocycles. The summed E-state index contributed by atoms with van der Waals surface area (Å²) in [7, 11) is 0. The van der Waals surface area contributed by atoms with Crippen LogP contribution >= 0.6 is 23.2 Å². The number of fused-ring (bicyclic) bond motifs is 3. The molecule has 1 unspecified atom stereocenters. The van der Waals surface area contributed by atoms with Crippen LogP contribution in [0, 0.1) is 5.82 Å². The number of carbonyl (C=O) groups excluding carboxylic acids is 2. The van der Waals surface area contributed by atoms with Gasteiger partial charge in [0, 0.05) is 18.1 Å². The van der Waals surface area contributed by atoms with Gasteiger partial charge in [-0.05, 0) is 41.8 Å². The van der Waals surface area contributed by atoms with Crippen molar-refractivity contribution in [3.8, 4) is 0 Å². The molecule has 140 valence electrons. The first-order chi connectivity index (χ1) is 12.9. The molecule has 2 aromatic rings. The molecule has 4 rings (SSSR count). The van der Waals surface area contributed by atoms with Crippen LogP contribution < -0.4 is 5.32 Å². The molecule has 0 aliphatic carbocycles. The van der Waals surface area contributed by atoms with Crippen LogP contribution in [0.4, 0.5) is 14.9 Å². The molecule has 8 heteroatoms. The van der Waals surface area contributed by atoms with E-state index in [4.69, 9.17) is 23.2 Å². The Labute approximate surface area is 165 Å². The van der Waals surface area contributed by atoms with Gasteiger partial charge >= 0.3 is 6.03 Å². The van der Waals surface area contributed by atoms with E-state index in [0.29, 0.717) is 40.8 Å². The van der Waals surface area contributed by atoms with E-state index in [1.807, 2.05) is 6.07 Å². The molecular weight excluding hydrogens is 392 g/mol. The van der Waals surface area contributed by atoms with Gasteiger partial charge in [-0.1, -0.05) is 35.3 Å². The fourth-order valence-electron chi connectivity index (χ4n) is 3.67. The molecule has 0 spiro atoms. The summed E-state index contributed by atoms with van der Waals surface area (Å²) < 4.78 is 14.1. The van der Waals surface area contributed by atoms with Gasteiger partial charge < -0.3 is 15.1 Å². The lowest BCUT2D eigenvalue weighted by Crippen LogP contribution is -2.56. The minimum Gasteiger partial charge on any atom is -0.332 e. The smallest absolute Gasteiger partial charge is 0.322 e. The van der Waals surface area contributed by atoms with E-state index < -0.39 is 6.03 Å². The van der Waals surface area contributed by atoms with Gasteiger partial charge in [0.1, 0.15) is 12.4 Å². The molecule has 2 aliphatic rings. The number of benzene rings is 2. The van der Waals surface area contributed by atoms with E-state index in [0.717, 1.165) is 5.56 Å². The number of hydrogen-bond donors (Lipinski definition) is 1. The Balaban J connectivity index is 1.57. The third-order valence-corrected chi connectivity index (χ3v) is 5.54. The highest BCUT2D eigenvalue weighted by Gasteiger charge is 2.39. The molecule has 1 saturated heterocycles. The topological polar surface area (TPSA) is 52.7 Å². The first-order valence-electron chi connectivity index (χ1n) is 8.52. The van der Waals surface area contributed by atoms with Crippen molar-refractivity contribution in [2.24, 2.45) is 0 Å². The van der Waals surface area contributed by atoms with Crippen molar-refractivity contribution in [1.82, 2.24) is 9.80 Å². The van der Waals surface area contributed by atoms with E-state index in [1.54, 1.807) is 23.1 Å². The summed E-state index contributed by atoms with van der Waals surface area (Å²) in [6.07, 6.45) is 0.483. The normalized spacial score (nSPS) is 18.8. The Bertz CT molecular complexity index is 937. The number of amides is 3. The lowest BCUT2D eigenvalue weighted by molar-refractivity contribution is -0.139. The molecule has 27 heavy (non-hydrogen) atoms. The summed E-state index contributed by atoms with van der Waals surface area (Å²) in [5.41, 5.74) is 1.79. The van der Waals surface area contributed by atoms with E-state index in [2.05, 4.69) is 5.32 Å². The van der Waals surface area contributed by atoms with Gasteiger partial charge in [0.05, 0.1) is 16.8 Å². The number of urea groups is 1. The van der Waals surface area contributed by atoms with Crippen LogP contribution in [0.25, 0.3) is 0 Å². The monoisotopic (exact) mass is 407 g/mol. The zero-order chi connectivity index (χ0) is 19.1. The minimum atomic E-state index is -0.434. The van der Waals surface area contributed by atoms with Crippen LogP contribution in [-0.2, 0) is 11.2 Å². The molecule has 0 radical (unpaired) electrons. The second-order valence-electron chi connectivity index (χ2n) is 6.60. The average Bonchev–Trinajstić information content (AvgIpc) is 2.64. The fourth-order valence-corrected chi connectivity index (χ4v) is 4.13. The zero-order valence-electron chi connectivity index (χ0n) is 14.2. The maximum Gasteiger partial charge on any atom is 0.322 e. The summed E-state index contributed by atoms with van der Waals surface area (Å²) in [5, 5.41) is 3.48. The number of nitrogens with one attached hydrogen (secondary N) is 1. The molecule has 0 aromatic heterocycles. The Morgan fingerprint density at radius 1 is 1.22 bits per heavy atom. The summed E-state index contributed by atoms with van der Waals surface area (Å²) in [6, 6.07) is 8.84. The molecule has 1 fully saturated rings. The predicted octanol–water partition coefficient (Wildman–Crippen LogP) is 4.11. The fraction of sp³-hybridized carbons (Fsp3) is 0.263. The van der Waals surface area contributed by atoms with Crippen molar-refractivity contribution in [2.45, 2.75) is 12.5 Å². The Hall–Kier alpha value is -2.31. The second kappa shape index (κ2) is 7.02. The largest absolute Gasteiger partial charge is 0.332 e. The lowest BCUT2D eigenvalue weighted by atomic mass is 9.90. The zero-order valence-corrected chi connectivity index (χ0v) is 15.7. The molecule has 1 N–H and O–H groups in total. The molecule has 1 atom stereocenters. The van der Waals surface area contributed by atoms with Crippen LogP contribution in [0.15, 0.2) is 36.4 Å². The highest BCUT2D eigenvalue weighted by atomic mass is 35.5. The number of carbonyl (C=O) groups is 2. The summed E-state index contributed by atoms with van der Waals surface area (Å²) >= 11 is 12.0. The third kappa shape index (κ3) is 3.35.